The fourth-order valence-electron chi connectivity index (χ4n) is 11.1. The summed E-state index contributed by atoms with van der Waals surface area (Å²) in [7, 11) is 1.58. The van der Waals surface area contributed by atoms with Crippen LogP contribution < -0.4 is 40.6 Å². The van der Waals surface area contributed by atoms with Gasteiger partial charge in [-0.25, -0.2) is 33.9 Å². The maximum Gasteiger partial charge on any atom is 0.410 e. The number of carboxylic acids is 1. The average molecular weight is 1450 g/mol. The second-order valence-electron chi connectivity index (χ2n) is 24.1. The summed E-state index contributed by atoms with van der Waals surface area (Å²) in [4.78, 5) is 92.6. The van der Waals surface area contributed by atoms with Crippen molar-refractivity contribution in [1.29, 1.82) is 0 Å². The number of nitrogens with two attached hydrogens (primary N) is 1. The maximum atomic E-state index is 14.5. The molecule has 1 fully saturated rings. The molecule has 0 radical (unpaired) electrons. The quantitative estimate of drug-likeness (QED) is 0.0103. The van der Waals surface area contributed by atoms with Crippen molar-refractivity contribution in [1.82, 2.24) is 40.4 Å². The van der Waals surface area contributed by atoms with Gasteiger partial charge in [-0.15, -0.1) is 11.3 Å². The lowest BCUT2D eigenvalue weighted by atomic mass is 9.96. The van der Waals surface area contributed by atoms with Crippen molar-refractivity contribution >= 4 is 68.6 Å². The molecule has 103 heavy (non-hydrogen) atoms. The van der Waals surface area contributed by atoms with Gasteiger partial charge in [0, 0.05) is 72.9 Å². The van der Waals surface area contributed by atoms with E-state index in [4.69, 9.17) is 65.7 Å². The highest BCUT2D eigenvalue weighted by molar-refractivity contribution is 7.22. The van der Waals surface area contributed by atoms with E-state index in [1.807, 2.05) is 37.3 Å². The van der Waals surface area contributed by atoms with Crippen LogP contribution in [0.3, 0.4) is 0 Å². The number of carbonyl (C=O) groups excluding carboxylic acids is 4. The van der Waals surface area contributed by atoms with Crippen LogP contribution in [0.15, 0.2) is 133 Å². The van der Waals surface area contributed by atoms with Gasteiger partial charge in [0.25, 0.3) is 0 Å². The molecule has 0 saturated carbocycles. The normalized spacial score (nSPS) is 13.1. The number of nitrogens with one attached hydrogen (secondary N) is 3. The smallest absolute Gasteiger partial charge is 0.410 e. The topological polar surface area (TPSA) is 348 Å². The number of nitrogens with zero attached hydrogens (tertiary/aromatic N) is 9. The van der Waals surface area contributed by atoms with Gasteiger partial charge in [-0.1, -0.05) is 91.2 Å². The minimum atomic E-state index is -1.45. The first kappa shape index (κ1) is 77.1. The van der Waals surface area contributed by atoms with Crippen molar-refractivity contribution in [2.24, 2.45) is 16.8 Å². The third-order valence-electron chi connectivity index (χ3n) is 16.6. The number of carbonyl (C=O) groups is 5. The van der Waals surface area contributed by atoms with E-state index >= 15 is 0 Å². The number of aromatic nitrogens is 4. The molecule has 4 amide bonds. The largest absolute Gasteiger partial charge is 0.496 e. The molecule has 27 nitrogen and oxygen atoms in total. The number of carboxylic acid groups (broad SMARTS) is 1. The highest BCUT2D eigenvalue weighted by Gasteiger charge is 2.32. The monoisotopic (exact) mass is 1450 g/mol. The summed E-state index contributed by atoms with van der Waals surface area (Å²) in [6.07, 6.45) is 2.39. The average Bonchev–Trinajstić information content (AvgIpc) is 1.61. The molecule has 4 heterocycles. The molecule has 30 heteroatoms. The molecule has 0 spiro atoms. The van der Waals surface area contributed by atoms with Crippen LogP contribution >= 0.6 is 22.9 Å². The Morgan fingerprint density at radius 1 is 0.786 bits per heavy atom. The van der Waals surface area contributed by atoms with Crippen LogP contribution in [0.5, 0.6) is 23.1 Å². The summed E-state index contributed by atoms with van der Waals surface area (Å²) in [6, 6.07) is 30.8. The standard InChI is InChI=1S/C73H83ClFN13O14S/c1-46(2)65(85-61(89)44-98-40-39-97-38-37-96-35-29-81-86-77)69(91)84-56(13-9-10-27-76)68(90)83-52-22-16-48(17-23-52)42-101-73(94)88-32-30-87(31-33-88)34-36-99-59-25-24-54(47(3)64(59)74)62-63-70(79-45-80-71(63)103-66(62)49-18-20-51(75)21-19-49)102-60(72(92)93)41-50-11-5-7-14-57(50)100-43-53-26-28-78-67(82-53)55-12-6-8-15-58(55)95-4/h5-8,11-12,14-26,28,45-46,56,60,65H,9-10,13,27,29-44,76H2,1-4H3,(H,83,90)(H,84,91)(H,85,89)(H,92,93)/t56-,60+,65-/m0/s1. The van der Waals surface area contributed by atoms with Crippen LogP contribution in [0.4, 0.5) is 14.9 Å². The minimum Gasteiger partial charge on any atom is -0.496 e. The van der Waals surface area contributed by atoms with Crippen LogP contribution in [0, 0.1) is 18.7 Å². The summed E-state index contributed by atoms with van der Waals surface area (Å²) >= 11 is 8.50. The molecule has 6 N–H and O–H groups in total. The minimum absolute atomic E-state index is 0.0120. The van der Waals surface area contributed by atoms with Crippen LogP contribution in [-0.4, -0.2) is 182 Å². The molecule has 3 atom stereocenters. The first-order valence-corrected chi connectivity index (χ1v) is 34.8. The van der Waals surface area contributed by atoms with Crippen molar-refractivity contribution in [2.75, 3.05) is 104 Å². The molecule has 8 aromatic rings. The van der Waals surface area contributed by atoms with Gasteiger partial charge in [0.2, 0.25) is 29.7 Å². The molecule has 3 aromatic heterocycles. The highest BCUT2D eigenvalue weighted by atomic mass is 35.5. The van der Waals surface area contributed by atoms with Crippen LogP contribution in [0.25, 0.3) is 53.6 Å². The molecule has 0 unspecified atom stereocenters. The van der Waals surface area contributed by atoms with Crippen LogP contribution in [0.1, 0.15) is 55.5 Å². The predicted molar refractivity (Wildman–Crippen MR) is 385 cm³/mol. The Kier molecular flexibility index (Phi) is 29.4. The van der Waals surface area contributed by atoms with Crippen molar-refractivity contribution in [3.05, 3.63) is 171 Å². The number of benzene rings is 5. The number of halogens is 2. The molecule has 5 aromatic carbocycles. The second kappa shape index (κ2) is 39.4. The zero-order chi connectivity index (χ0) is 73.0. The van der Waals surface area contributed by atoms with Gasteiger partial charge in [-0.05, 0) is 127 Å². The van der Waals surface area contributed by atoms with Crippen molar-refractivity contribution in [2.45, 2.75) is 77.9 Å². The van der Waals surface area contributed by atoms with E-state index in [9.17, 15) is 33.5 Å². The lowest BCUT2D eigenvalue weighted by Gasteiger charge is -2.34. The third-order valence-corrected chi connectivity index (χ3v) is 18.2. The number of hydrogen-bond donors (Lipinski definition) is 5. The maximum absolute atomic E-state index is 14.5. The summed E-state index contributed by atoms with van der Waals surface area (Å²) < 4.78 is 60.8. The molecule has 1 aliphatic heterocycles. The van der Waals surface area contributed by atoms with Gasteiger partial charge in [-0.3, -0.25) is 19.3 Å². The Hall–Kier alpha value is -10.1. The number of fused-ring (bicyclic) bond motifs is 1. The highest BCUT2D eigenvalue weighted by Crippen LogP contribution is 2.50. The van der Waals surface area contributed by atoms with Gasteiger partial charge in [0.1, 0.15) is 72.7 Å². The number of ether oxygens (including phenoxy) is 8. The lowest BCUT2D eigenvalue weighted by Crippen LogP contribution is -2.55. The number of aliphatic carboxylic acids is 1. The van der Waals surface area contributed by atoms with Crippen molar-refractivity contribution in [3.8, 4) is 56.1 Å². The van der Waals surface area contributed by atoms with E-state index < -0.39 is 53.8 Å². The van der Waals surface area contributed by atoms with Gasteiger partial charge >= 0.3 is 12.1 Å². The Morgan fingerprint density at radius 2 is 1.51 bits per heavy atom. The van der Waals surface area contributed by atoms with Gasteiger partial charge < -0.3 is 69.6 Å². The summed E-state index contributed by atoms with van der Waals surface area (Å²) in [5.41, 5.74) is 19.6. The number of amides is 4. The van der Waals surface area contributed by atoms with Crippen molar-refractivity contribution in [3.63, 3.8) is 0 Å². The van der Waals surface area contributed by atoms with E-state index in [1.165, 1.54) is 29.8 Å². The number of para-hydroxylation sites is 2. The SMILES string of the molecule is COc1ccccc1-c1nccc(COc2ccccc2C[C@@H](Oc2ncnc3sc(-c4ccc(F)cc4)c(-c4ccc(OCCN5CCN(C(=O)OCc6ccc(NC(=O)[C@H](CCCCN)NC(=O)[C@@H](NC(=O)COCCOCCOCCN=[N+]=[N-])C(C)C)cc6)CC5)c(Cl)c4C)c23)C(=O)O)n1. The number of azide groups is 1. The number of anilines is 1. The Balaban J connectivity index is 0.760. The van der Waals surface area contributed by atoms with Gasteiger partial charge in [-0.2, -0.15) is 0 Å². The lowest BCUT2D eigenvalue weighted by molar-refractivity contribution is -0.145. The molecule has 1 saturated heterocycles. The van der Waals surface area contributed by atoms with Crippen molar-refractivity contribution < 1.29 is 71.4 Å². The van der Waals surface area contributed by atoms with Crippen LogP contribution in [-0.2, 0) is 57.8 Å². The van der Waals surface area contributed by atoms with E-state index in [0.29, 0.717) is 159 Å². The summed E-state index contributed by atoms with van der Waals surface area (Å²) in [6.45, 7) is 9.67. The molecule has 0 bridgehead atoms. The number of methoxy groups -OCH3 is 1. The fraction of sp³-hybridized carbons (Fsp3) is 0.384. The van der Waals surface area contributed by atoms with E-state index in [1.54, 1.807) is 105 Å². The van der Waals surface area contributed by atoms with E-state index in [2.05, 4.69) is 45.8 Å². The fourth-order valence-corrected chi connectivity index (χ4v) is 12.5. The molecular weight excluding hydrogens is 1370 g/mol. The zero-order valence-electron chi connectivity index (χ0n) is 57.6. The first-order valence-electron chi connectivity index (χ1n) is 33.6. The van der Waals surface area contributed by atoms with E-state index in [0.717, 1.165) is 0 Å². The summed E-state index contributed by atoms with van der Waals surface area (Å²) in [5, 5.41) is 23.3. The Morgan fingerprint density at radius 3 is 2.24 bits per heavy atom. The first-order chi connectivity index (χ1) is 50.0. The van der Waals surface area contributed by atoms with Crippen LogP contribution in [0.2, 0.25) is 5.02 Å². The number of piperazine rings is 1. The Labute approximate surface area is 604 Å². The molecule has 9 rings (SSSR count). The van der Waals surface area contributed by atoms with Gasteiger partial charge in [0.15, 0.2) is 5.82 Å². The van der Waals surface area contributed by atoms with Gasteiger partial charge in [0.05, 0.1) is 61.8 Å². The number of thiophene rings is 1. The number of hydrogen-bond acceptors (Lipinski definition) is 21. The van der Waals surface area contributed by atoms with E-state index in [-0.39, 0.29) is 77.6 Å². The second-order valence-corrected chi connectivity index (χ2v) is 25.5. The molecular formula is C73H83ClFN13O14S. The third kappa shape index (κ3) is 22.2. The number of rotatable bonds is 39. The Bertz CT molecular complexity index is 4200. The molecule has 544 valence electrons. The summed E-state index contributed by atoms with van der Waals surface area (Å²) in [5.74, 6) is -1.56. The molecule has 1 aliphatic rings. The number of unbranched alkanes of at least 4 members (excludes halogenated alkanes) is 1. The molecule has 0 aliphatic carbocycles. The predicted octanol–water partition coefficient (Wildman–Crippen LogP) is 10.6. The zero-order valence-corrected chi connectivity index (χ0v) is 59.2.